The lowest BCUT2D eigenvalue weighted by Gasteiger charge is -2.59. The van der Waals surface area contributed by atoms with Crippen LogP contribution in [0.15, 0.2) is 84.7 Å². The molecule has 58 heavy (non-hydrogen) atoms. The second-order valence-corrected chi connectivity index (χ2v) is 17.9. The van der Waals surface area contributed by atoms with Gasteiger partial charge < -0.3 is 30.1 Å². The summed E-state index contributed by atoms with van der Waals surface area (Å²) in [6, 6.07) is 14.2. The monoisotopic (exact) mass is 791 g/mol. The van der Waals surface area contributed by atoms with Gasteiger partial charge in [0.25, 0.3) is 0 Å². The van der Waals surface area contributed by atoms with Gasteiger partial charge in [-0.1, -0.05) is 68.0 Å². The highest BCUT2D eigenvalue weighted by molar-refractivity contribution is 5.98. The van der Waals surface area contributed by atoms with E-state index in [4.69, 9.17) is 9.47 Å². The number of nitrogens with zero attached hydrogens (tertiary/aromatic N) is 2. The molecule has 5 aliphatic rings. The molecule has 3 aromatic rings. The molecule has 2 aromatic carbocycles. The summed E-state index contributed by atoms with van der Waals surface area (Å²) in [6.07, 6.45) is 10.7. The third kappa shape index (κ3) is 6.97. The number of aliphatic hydroxyl groups excluding tert-OH is 2. The number of nitrogens with one attached hydrogen (secondary N) is 1. The first-order valence-electron chi connectivity index (χ1n) is 20.4. The lowest BCUT2D eigenvalue weighted by atomic mass is 9.46. The van der Waals surface area contributed by atoms with Crippen molar-refractivity contribution >= 4 is 40.1 Å². The van der Waals surface area contributed by atoms with Crippen molar-refractivity contribution in [1.82, 2.24) is 9.88 Å². The minimum absolute atomic E-state index is 0.00352. The first-order chi connectivity index (χ1) is 27.6. The highest BCUT2D eigenvalue weighted by atomic mass is 16.5. The molecule has 1 heterocycles. The number of carbonyl (C=O) groups is 4. The zero-order chi connectivity index (χ0) is 41.1. The highest BCUT2D eigenvalue weighted by Gasteiger charge is 2.68. The Bertz CT molecular complexity index is 2190. The number of aliphatic hydroxyl groups is 3. The Kier molecular flexibility index (Phi) is 10.4. The lowest BCUT2D eigenvalue weighted by Crippen LogP contribution is -2.61. The Hall–Kier alpha value is -4.75. The van der Waals surface area contributed by atoms with Crippen molar-refractivity contribution in [1.29, 1.82) is 0 Å². The van der Waals surface area contributed by atoms with E-state index in [9.17, 15) is 34.5 Å². The Balaban J connectivity index is 0.821. The number of hydrogen-bond donors (Lipinski definition) is 4. The second-order valence-electron chi connectivity index (χ2n) is 17.9. The van der Waals surface area contributed by atoms with E-state index in [1.54, 1.807) is 30.6 Å². The maximum atomic E-state index is 13.7. The van der Waals surface area contributed by atoms with Crippen LogP contribution in [0.4, 0.5) is 5.69 Å². The molecule has 0 spiro atoms. The maximum Gasteiger partial charge on any atom is 0.310 e. The van der Waals surface area contributed by atoms with Crippen LogP contribution >= 0.6 is 0 Å². The lowest BCUT2D eigenvalue weighted by molar-refractivity contribution is -0.181. The number of anilines is 1. The Labute approximate surface area is 338 Å². The summed E-state index contributed by atoms with van der Waals surface area (Å²) < 4.78 is 11.0. The van der Waals surface area contributed by atoms with Crippen LogP contribution in [0.2, 0.25) is 0 Å². The minimum atomic E-state index is -1.76. The Morgan fingerprint density at radius 3 is 2.45 bits per heavy atom. The van der Waals surface area contributed by atoms with Gasteiger partial charge >= 0.3 is 11.9 Å². The van der Waals surface area contributed by atoms with E-state index in [-0.39, 0.29) is 49.5 Å². The Morgan fingerprint density at radius 2 is 1.71 bits per heavy atom. The van der Waals surface area contributed by atoms with Gasteiger partial charge in [-0.05, 0) is 99.2 Å². The van der Waals surface area contributed by atoms with Gasteiger partial charge in [0.1, 0.15) is 18.2 Å². The van der Waals surface area contributed by atoms with Gasteiger partial charge in [0.05, 0.1) is 24.0 Å². The van der Waals surface area contributed by atoms with Crippen molar-refractivity contribution in [3.63, 3.8) is 0 Å². The number of pyridine rings is 1. The smallest absolute Gasteiger partial charge is 0.310 e. The molecule has 4 unspecified atom stereocenters. The molecule has 0 bridgehead atoms. The van der Waals surface area contributed by atoms with Crippen LogP contribution in [0, 0.1) is 40.4 Å². The van der Waals surface area contributed by atoms with Crippen molar-refractivity contribution in [2.24, 2.45) is 40.4 Å². The molecule has 306 valence electrons. The van der Waals surface area contributed by atoms with Crippen molar-refractivity contribution < 1.29 is 44.0 Å². The average Bonchev–Trinajstić information content (AvgIpc) is 3.95. The molecule has 5 aliphatic carbocycles. The summed E-state index contributed by atoms with van der Waals surface area (Å²) in [5, 5.41) is 38.8. The van der Waals surface area contributed by atoms with Crippen LogP contribution in [0.1, 0.15) is 69.5 Å². The van der Waals surface area contributed by atoms with Gasteiger partial charge in [-0.3, -0.25) is 29.1 Å². The third-order valence-corrected chi connectivity index (χ3v) is 14.3. The Morgan fingerprint density at radius 1 is 0.966 bits per heavy atom. The molecular formula is C46H53N3O9. The third-order valence-electron chi connectivity index (χ3n) is 14.3. The van der Waals surface area contributed by atoms with Crippen molar-refractivity contribution in [2.45, 2.75) is 82.8 Å². The topological polar surface area (TPSA) is 176 Å². The molecule has 0 saturated heterocycles. The molecule has 0 radical (unpaired) electrons. The number of ether oxygens (including phenoxy) is 2. The van der Waals surface area contributed by atoms with Crippen molar-refractivity contribution in [2.75, 3.05) is 26.0 Å². The number of hydrogen-bond acceptors (Lipinski definition) is 11. The number of ketones is 1. The highest BCUT2D eigenvalue weighted by Crippen LogP contribution is 2.67. The van der Waals surface area contributed by atoms with Crippen LogP contribution in [0.5, 0.6) is 0 Å². The molecule has 4 fully saturated rings. The number of likely N-dealkylation sites (N-methyl/N-ethyl adjacent to an activating group) is 1. The average molecular weight is 792 g/mol. The van der Waals surface area contributed by atoms with E-state index in [0.717, 1.165) is 34.8 Å². The predicted octanol–water partition coefficient (Wildman–Crippen LogP) is 5.07. The number of fused-ring (bicyclic) bond motifs is 6. The van der Waals surface area contributed by atoms with Crippen molar-refractivity contribution in [3.8, 4) is 0 Å². The fourth-order valence-electron chi connectivity index (χ4n) is 11.1. The maximum absolute atomic E-state index is 13.7. The number of esters is 2. The first-order valence-corrected chi connectivity index (χ1v) is 20.4. The molecule has 12 heteroatoms. The van der Waals surface area contributed by atoms with Gasteiger partial charge in [0.15, 0.2) is 6.61 Å². The molecule has 11 atom stereocenters. The number of Topliss-reactive ketones (excluding diaryl/α,β-unsaturated/α-hetero) is 1. The van der Waals surface area contributed by atoms with Crippen LogP contribution in [0.25, 0.3) is 10.8 Å². The summed E-state index contributed by atoms with van der Waals surface area (Å²) >= 11 is 0. The molecule has 8 rings (SSSR count). The second kappa shape index (κ2) is 15.1. The minimum Gasteiger partial charge on any atom is -0.461 e. The molecule has 4 N–H and O–H groups in total. The standard InChI is InChI=1S/C46H53N3O9/c1-44-16-13-32(50)20-30(44)10-12-33-36-14-17-46(56,45(36,2)22-37(51)39(33)44)38(52)25-58-43(55)35-21-34(35)42(54)57-24-26-5-7-27(8-6-26)40(49(3)4)41(53)48-31-11-9-29-23-47-18-15-28(29)19-31/h5-9,11,13,15-16,18-20,23,32-37,39-40,50-51,56H,10,12,14,17,21-22,24-25H2,1-4H3,(H,48,53)/t32?,33-,34?,35?,36-,37-,39+,40?,44-,45-,46-/m0/s1. The number of aromatic nitrogens is 1. The zero-order valence-corrected chi connectivity index (χ0v) is 33.5. The van der Waals surface area contributed by atoms with Crippen LogP contribution < -0.4 is 5.32 Å². The van der Waals surface area contributed by atoms with E-state index < -0.39 is 70.8 Å². The molecule has 0 aliphatic heterocycles. The summed E-state index contributed by atoms with van der Waals surface area (Å²) in [5.41, 5.74) is 0.226. The number of allylic oxidation sites excluding steroid dienone is 2. The predicted molar refractivity (Wildman–Crippen MR) is 215 cm³/mol. The number of rotatable bonds is 11. The van der Waals surface area contributed by atoms with E-state index in [0.29, 0.717) is 17.7 Å². The molecule has 1 amide bonds. The number of amides is 1. The summed E-state index contributed by atoms with van der Waals surface area (Å²) in [5.74, 6) is -3.41. The quantitative estimate of drug-likeness (QED) is 0.151. The van der Waals surface area contributed by atoms with E-state index in [1.807, 2.05) is 74.5 Å². The number of benzene rings is 2. The van der Waals surface area contributed by atoms with E-state index >= 15 is 0 Å². The zero-order valence-electron chi connectivity index (χ0n) is 33.5. The fourth-order valence-corrected chi connectivity index (χ4v) is 11.1. The van der Waals surface area contributed by atoms with Gasteiger partial charge in [-0.25, -0.2) is 0 Å². The van der Waals surface area contributed by atoms with E-state index in [2.05, 4.69) is 17.2 Å². The summed E-state index contributed by atoms with van der Waals surface area (Å²) in [7, 11) is 3.65. The van der Waals surface area contributed by atoms with Gasteiger partial charge in [0, 0.05) is 40.2 Å². The van der Waals surface area contributed by atoms with Crippen molar-refractivity contribution in [3.05, 3.63) is 95.9 Å². The van der Waals surface area contributed by atoms with Gasteiger partial charge in [-0.15, -0.1) is 0 Å². The summed E-state index contributed by atoms with van der Waals surface area (Å²) in [4.78, 5) is 59.0. The van der Waals surface area contributed by atoms with E-state index in [1.165, 1.54) is 0 Å². The largest absolute Gasteiger partial charge is 0.461 e. The summed E-state index contributed by atoms with van der Waals surface area (Å²) in [6.45, 7) is 3.38. The van der Waals surface area contributed by atoms with Gasteiger partial charge in [-0.2, -0.15) is 0 Å². The fraction of sp³-hybridized carbons (Fsp3) is 0.500. The SMILES string of the molecule is CN(C)C(C(=O)Nc1ccc2cnccc2c1)c1ccc(COC(=O)C2CC2C(=O)OCC(=O)[C@@]2(O)CC[C@H]3[C@@H]4CCC5=CC(O)C=C[C@]5(C)[C@H]4[C@@H](O)C[C@@]32C)cc1. The molecule has 12 nitrogen and oxygen atoms in total. The van der Waals surface area contributed by atoms with Crippen LogP contribution in [-0.2, 0) is 35.3 Å². The first kappa shape index (κ1) is 40.0. The normalized spacial score (nSPS) is 33.9. The molecular weight excluding hydrogens is 739 g/mol. The molecule has 1 aromatic heterocycles. The molecule has 4 saturated carbocycles. The van der Waals surface area contributed by atoms with Crippen LogP contribution in [-0.4, -0.2) is 87.3 Å². The van der Waals surface area contributed by atoms with Crippen LogP contribution in [0.3, 0.4) is 0 Å². The van der Waals surface area contributed by atoms with Gasteiger partial charge in [0.2, 0.25) is 11.7 Å². The number of carbonyl (C=O) groups excluding carboxylic acids is 4.